The number of carbonyl (C=O) groups is 1. The molecule has 0 aliphatic carbocycles. The third-order valence-electron chi connectivity index (χ3n) is 4.72. The minimum absolute atomic E-state index is 0.00698. The molecule has 2 heterocycles. The topological polar surface area (TPSA) is 35.6 Å². The van der Waals surface area contributed by atoms with Gasteiger partial charge in [0.15, 0.2) is 0 Å². The number of likely N-dealkylation sites (tertiary alicyclic amines) is 1. The first-order chi connectivity index (χ1) is 10.6. The van der Waals surface area contributed by atoms with E-state index in [9.17, 15) is 13.6 Å². The van der Waals surface area contributed by atoms with Crippen LogP contribution in [0.25, 0.3) is 0 Å². The Labute approximate surface area is 129 Å². The molecule has 1 aromatic rings. The molecule has 6 heteroatoms. The summed E-state index contributed by atoms with van der Waals surface area (Å²) in [5.74, 6) is -1.06. The predicted octanol–water partition coefficient (Wildman–Crippen LogP) is 2.52. The molecule has 2 aliphatic rings. The van der Waals surface area contributed by atoms with Crippen LogP contribution in [-0.2, 0) is 0 Å². The summed E-state index contributed by atoms with van der Waals surface area (Å²) in [5.41, 5.74) is 0.507. The third-order valence-corrected chi connectivity index (χ3v) is 4.72. The van der Waals surface area contributed by atoms with Crippen LogP contribution in [0.15, 0.2) is 18.2 Å². The van der Waals surface area contributed by atoms with Crippen molar-refractivity contribution in [2.24, 2.45) is 0 Å². The second-order valence-electron chi connectivity index (χ2n) is 6.06. The summed E-state index contributed by atoms with van der Waals surface area (Å²) < 4.78 is 27.0. The molecule has 0 spiro atoms. The van der Waals surface area contributed by atoms with Gasteiger partial charge in [-0.2, -0.15) is 0 Å². The summed E-state index contributed by atoms with van der Waals surface area (Å²) in [4.78, 5) is 15.9. The van der Waals surface area contributed by atoms with Gasteiger partial charge in [0.25, 0.3) is 0 Å². The summed E-state index contributed by atoms with van der Waals surface area (Å²) in [5, 5.41) is 2.82. The normalized spacial score (nSPS) is 24.4. The van der Waals surface area contributed by atoms with Crippen LogP contribution in [0.2, 0.25) is 0 Å². The largest absolute Gasteiger partial charge is 0.336 e. The Morgan fingerprint density at radius 3 is 2.82 bits per heavy atom. The fourth-order valence-corrected chi connectivity index (χ4v) is 3.46. The molecule has 0 unspecified atom stereocenters. The number of urea groups is 1. The minimum atomic E-state index is -0.557. The van der Waals surface area contributed by atoms with Crippen molar-refractivity contribution in [3.63, 3.8) is 0 Å². The van der Waals surface area contributed by atoms with E-state index in [1.807, 2.05) is 11.8 Å². The third kappa shape index (κ3) is 2.92. The van der Waals surface area contributed by atoms with Crippen molar-refractivity contribution in [2.75, 3.05) is 26.2 Å². The van der Waals surface area contributed by atoms with Crippen LogP contribution in [0.3, 0.4) is 0 Å². The zero-order valence-electron chi connectivity index (χ0n) is 12.7. The first kappa shape index (κ1) is 15.2. The number of nitrogens with one attached hydrogen (secondary N) is 1. The molecule has 1 N–H and O–H groups in total. The predicted molar refractivity (Wildman–Crippen MR) is 79.5 cm³/mol. The average Bonchev–Trinajstić information content (AvgIpc) is 2.93. The molecule has 4 nitrogen and oxygen atoms in total. The van der Waals surface area contributed by atoms with E-state index in [1.54, 1.807) is 0 Å². The number of amides is 2. The SMILES string of the molecule is C[C@H](c1ccc(F)cc1F)N1CCC[C@@H](N2CCNC2=O)C1. The van der Waals surface area contributed by atoms with E-state index in [0.29, 0.717) is 12.1 Å². The summed E-state index contributed by atoms with van der Waals surface area (Å²) in [7, 11) is 0. The second-order valence-corrected chi connectivity index (χ2v) is 6.06. The van der Waals surface area contributed by atoms with Crippen molar-refractivity contribution in [3.8, 4) is 0 Å². The molecule has 0 saturated carbocycles. The molecule has 1 aromatic carbocycles. The van der Waals surface area contributed by atoms with Crippen LogP contribution in [0.1, 0.15) is 31.4 Å². The number of piperidine rings is 1. The molecule has 22 heavy (non-hydrogen) atoms. The molecule has 2 aliphatic heterocycles. The number of benzene rings is 1. The highest BCUT2D eigenvalue weighted by Crippen LogP contribution is 2.28. The Bertz CT molecular complexity index is 566. The van der Waals surface area contributed by atoms with Gasteiger partial charge in [0, 0.05) is 43.3 Å². The van der Waals surface area contributed by atoms with Gasteiger partial charge in [0.05, 0.1) is 0 Å². The van der Waals surface area contributed by atoms with Crippen LogP contribution in [0, 0.1) is 11.6 Å². The Morgan fingerprint density at radius 1 is 1.32 bits per heavy atom. The molecule has 2 amide bonds. The van der Waals surface area contributed by atoms with Gasteiger partial charge in [0.2, 0.25) is 0 Å². The van der Waals surface area contributed by atoms with Crippen LogP contribution in [0.5, 0.6) is 0 Å². The molecular weight excluding hydrogens is 288 g/mol. The first-order valence-corrected chi connectivity index (χ1v) is 7.79. The van der Waals surface area contributed by atoms with Gasteiger partial charge in [-0.1, -0.05) is 6.07 Å². The Balaban J connectivity index is 1.72. The van der Waals surface area contributed by atoms with Crippen molar-refractivity contribution < 1.29 is 13.6 Å². The summed E-state index contributed by atoms with van der Waals surface area (Å²) in [6, 6.07) is 3.77. The number of carbonyl (C=O) groups excluding carboxylic acids is 1. The first-order valence-electron chi connectivity index (χ1n) is 7.79. The van der Waals surface area contributed by atoms with Crippen LogP contribution < -0.4 is 5.32 Å². The molecule has 2 atom stereocenters. The van der Waals surface area contributed by atoms with E-state index in [2.05, 4.69) is 10.2 Å². The highest BCUT2D eigenvalue weighted by Gasteiger charge is 2.33. The van der Waals surface area contributed by atoms with Crippen LogP contribution >= 0.6 is 0 Å². The molecule has 0 aromatic heterocycles. The number of hydrogen-bond acceptors (Lipinski definition) is 2. The standard InChI is InChI=1S/C16H21F2N3O/c1-11(14-5-4-12(17)9-15(14)18)20-7-2-3-13(10-20)21-8-6-19-16(21)22/h4-5,9,11,13H,2-3,6-8,10H2,1H3,(H,19,22)/t11-,13-/m1/s1. The Morgan fingerprint density at radius 2 is 2.14 bits per heavy atom. The Kier molecular flexibility index (Phi) is 4.29. The van der Waals surface area contributed by atoms with E-state index in [-0.39, 0.29) is 18.1 Å². The number of halogens is 2. The molecule has 0 radical (unpaired) electrons. The minimum Gasteiger partial charge on any atom is -0.336 e. The molecule has 3 rings (SSSR count). The second kappa shape index (κ2) is 6.20. The summed E-state index contributed by atoms with van der Waals surface area (Å²) in [6.45, 7) is 4.95. The lowest BCUT2D eigenvalue weighted by Gasteiger charge is -2.40. The zero-order valence-corrected chi connectivity index (χ0v) is 12.7. The highest BCUT2D eigenvalue weighted by molar-refractivity contribution is 5.76. The maximum Gasteiger partial charge on any atom is 0.317 e. The summed E-state index contributed by atoms with van der Waals surface area (Å²) >= 11 is 0. The molecular formula is C16H21F2N3O. The quantitative estimate of drug-likeness (QED) is 0.931. The maximum atomic E-state index is 14.0. The maximum absolute atomic E-state index is 14.0. The van der Waals surface area contributed by atoms with Crippen LogP contribution in [-0.4, -0.2) is 48.1 Å². The number of hydrogen-bond donors (Lipinski definition) is 1. The number of nitrogens with zero attached hydrogens (tertiary/aromatic N) is 2. The molecule has 120 valence electrons. The van der Waals surface area contributed by atoms with E-state index >= 15 is 0 Å². The smallest absolute Gasteiger partial charge is 0.317 e. The van der Waals surface area contributed by atoms with Crippen molar-refractivity contribution >= 4 is 6.03 Å². The average molecular weight is 309 g/mol. The zero-order chi connectivity index (χ0) is 15.7. The van der Waals surface area contributed by atoms with Crippen molar-refractivity contribution in [1.82, 2.24) is 15.1 Å². The van der Waals surface area contributed by atoms with Crippen molar-refractivity contribution in [2.45, 2.75) is 31.8 Å². The molecule has 2 fully saturated rings. The fraction of sp³-hybridized carbons (Fsp3) is 0.562. The molecule has 2 saturated heterocycles. The van der Waals surface area contributed by atoms with Gasteiger partial charge in [-0.25, -0.2) is 13.6 Å². The number of rotatable bonds is 3. The fourth-order valence-electron chi connectivity index (χ4n) is 3.46. The Hall–Kier alpha value is -1.69. The van der Waals surface area contributed by atoms with Crippen LogP contribution in [0.4, 0.5) is 13.6 Å². The lowest BCUT2D eigenvalue weighted by atomic mass is 9.99. The van der Waals surface area contributed by atoms with Gasteiger partial charge < -0.3 is 10.2 Å². The van der Waals surface area contributed by atoms with Crippen molar-refractivity contribution in [3.05, 3.63) is 35.4 Å². The van der Waals surface area contributed by atoms with Gasteiger partial charge in [-0.15, -0.1) is 0 Å². The summed E-state index contributed by atoms with van der Waals surface area (Å²) in [6.07, 6.45) is 1.95. The van der Waals surface area contributed by atoms with Gasteiger partial charge in [-0.3, -0.25) is 4.90 Å². The van der Waals surface area contributed by atoms with E-state index in [1.165, 1.54) is 12.1 Å². The lowest BCUT2D eigenvalue weighted by Crippen LogP contribution is -2.49. The van der Waals surface area contributed by atoms with E-state index in [4.69, 9.17) is 0 Å². The van der Waals surface area contributed by atoms with E-state index < -0.39 is 11.6 Å². The van der Waals surface area contributed by atoms with Gasteiger partial charge >= 0.3 is 6.03 Å². The van der Waals surface area contributed by atoms with Gasteiger partial charge in [-0.05, 0) is 32.4 Å². The highest BCUT2D eigenvalue weighted by atomic mass is 19.1. The lowest BCUT2D eigenvalue weighted by molar-refractivity contribution is 0.0988. The monoisotopic (exact) mass is 309 g/mol. The van der Waals surface area contributed by atoms with Crippen molar-refractivity contribution in [1.29, 1.82) is 0 Å². The van der Waals surface area contributed by atoms with Gasteiger partial charge in [0.1, 0.15) is 11.6 Å². The van der Waals surface area contributed by atoms with E-state index in [0.717, 1.165) is 38.5 Å². The molecule has 0 bridgehead atoms.